The smallest absolute Gasteiger partial charge is 0.273 e. The molecule has 1 aromatic carbocycles. The Balaban J connectivity index is 1.47. The van der Waals surface area contributed by atoms with Crippen LogP contribution in [0.25, 0.3) is 11.3 Å². The molecular formula is C28H33N5O3. The second kappa shape index (κ2) is 10.1. The van der Waals surface area contributed by atoms with Crippen LogP contribution in [0.2, 0.25) is 0 Å². The maximum Gasteiger partial charge on any atom is 0.273 e. The number of nitrogens with zero attached hydrogens (tertiary/aromatic N) is 4. The lowest BCUT2D eigenvalue weighted by Gasteiger charge is -2.43. The Morgan fingerprint density at radius 1 is 1.14 bits per heavy atom. The fourth-order valence-electron chi connectivity index (χ4n) is 5.16. The van der Waals surface area contributed by atoms with Gasteiger partial charge in [0.15, 0.2) is 0 Å². The number of hydrogen-bond donors (Lipinski definition) is 1. The lowest BCUT2D eigenvalue weighted by molar-refractivity contribution is -0.134. The number of carbonyl (C=O) groups is 2. The zero-order chi connectivity index (χ0) is 25.1. The maximum absolute atomic E-state index is 13.9. The average Bonchev–Trinajstić information content (AvgIpc) is 3.32. The number of carbonyl (C=O) groups excluding carboxylic acids is 2. The van der Waals surface area contributed by atoms with Gasteiger partial charge in [-0.05, 0) is 69.2 Å². The topological polar surface area (TPSA) is 89.3 Å². The molecule has 5 rings (SSSR count). The van der Waals surface area contributed by atoms with Crippen LogP contribution in [-0.2, 0) is 17.9 Å². The van der Waals surface area contributed by atoms with Gasteiger partial charge < -0.3 is 15.0 Å². The molecule has 3 heterocycles. The van der Waals surface area contributed by atoms with E-state index in [2.05, 4.69) is 10.3 Å². The number of nitrogens with one attached hydrogen (secondary N) is 1. The second-order valence-corrected chi connectivity index (χ2v) is 9.82. The van der Waals surface area contributed by atoms with Crippen molar-refractivity contribution in [2.45, 2.75) is 70.6 Å². The molecule has 0 bridgehead atoms. The van der Waals surface area contributed by atoms with E-state index >= 15 is 0 Å². The van der Waals surface area contributed by atoms with Crippen molar-refractivity contribution in [2.24, 2.45) is 0 Å². The Morgan fingerprint density at radius 2 is 1.92 bits per heavy atom. The van der Waals surface area contributed by atoms with E-state index in [1.165, 1.54) is 6.42 Å². The van der Waals surface area contributed by atoms with Gasteiger partial charge in [-0.15, -0.1) is 0 Å². The van der Waals surface area contributed by atoms with Crippen molar-refractivity contribution >= 4 is 11.8 Å². The van der Waals surface area contributed by atoms with E-state index in [-0.39, 0.29) is 30.9 Å². The highest BCUT2D eigenvalue weighted by Gasteiger charge is 2.48. The summed E-state index contributed by atoms with van der Waals surface area (Å²) in [6.45, 7) is 4.91. The first-order chi connectivity index (χ1) is 17.5. The molecule has 36 heavy (non-hydrogen) atoms. The van der Waals surface area contributed by atoms with Crippen molar-refractivity contribution in [2.75, 3.05) is 6.61 Å². The molecular weight excluding hydrogens is 454 g/mol. The number of aromatic nitrogens is 3. The molecule has 0 radical (unpaired) electrons. The van der Waals surface area contributed by atoms with Crippen LogP contribution in [0.15, 0.2) is 54.7 Å². The van der Waals surface area contributed by atoms with Crippen LogP contribution in [0.5, 0.6) is 5.75 Å². The Hall–Kier alpha value is -3.68. The third-order valence-electron chi connectivity index (χ3n) is 7.23. The lowest BCUT2D eigenvalue weighted by Crippen LogP contribution is -2.64. The van der Waals surface area contributed by atoms with E-state index in [1.54, 1.807) is 15.8 Å². The SMILES string of the molecule is CCOc1ccc(-c2cc3n(n2)C[C@@](C)(C(=O)NC2CCCCC2)N(Cc2ccccn2)C3=O)cc1. The molecule has 0 unspecified atom stereocenters. The number of hydrogen-bond acceptors (Lipinski definition) is 5. The number of fused-ring (bicyclic) bond motifs is 1. The van der Waals surface area contributed by atoms with E-state index in [9.17, 15) is 9.59 Å². The van der Waals surface area contributed by atoms with E-state index in [0.29, 0.717) is 18.0 Å². The van der Waals surface area contributed by atoms with E-state index < -0.39 is 5.54 Å². The number of benzene rings is 1. The fourth-order valence-corrected chi connectivity index (χ4v) is 5.16. The highest BCUT2D eigenvalue weighted by Crippen LogP contribution is 2.32. The van der Waals surface area contributed by atoms with Crippen LogP contribution in [0.3, 0.4) is 0 Å². The minimum absolute atomic E-state index is 0.137. The summed E-state index contributed by atoms with van der Waals surface area (Å²) in [7, 11) is 0. The van der Waals surface area contributed by atoms with Crippen molar-refractivity contribution < 1.29 is 14.3 Å². The standard InChI is InChI=1S/C28H33N5O3/c1-3-36-23-14-12-20(13-15-23)24-17-25-26(34)32(18-22-11-7-8-16-29-22)28(2,19-33(25)31-24)27(35)30-21-9-5-4-6-10-21/h7-8,11-17,21H,3-6,9-10,18-19H2,1-2H3,(H,30,35)/t28-/m0/s1. The van der Waals surface area contributed by atoms with Crippen LogP contribution >= 0.6 is 0 Å². The van der Waals surface area contributed by atoms with Gasteiger partial charge in [0.2, 0.25) is 5.91 Å². The van der Waals surface area contributed by atoms with Crippen molar-refractivity contribution in [3.05, 3.63) is 66.1 Å². The summed E-state index contributed by atoms with van der Waals surface area (Å²) in [5.41, 5.74) is 1.69. The van der Waals surface area contributed by atoms with Gasteiger partial charge in [-0.25, -0.2) is 0 Å². The van der Waals surface area contributed by atoms with Gasteiger partial charge in [-0.2, -0.15) is 5.10 Å². The van der Waals surface area contributed by atoms with Gasteiger partial charge in [0.05, 0.1) is 31.1 Å². The summed E-state index contributed by atoms with van der Waals surface area (Å²) in [4.78, 5) is 33.7. The van der Waals surface area contributed by atoms with Gasteiger partial charge in [0.25, 0.3) is 5.91 Å². The molecule has 0 saturated heterocycles. The predicted molar refractivity (Wildman–Crippen MR) is 136 cm³/mol. The Labute approximate surface area is 211 Å². The van der Waals surface area contributed by atoms with Gasteiger partial charge in [-0.3, -0.25) is 19.3 Å². The van der Waals surface area contributed by atoms with Crippen LogP contribution in [-0.4, -0.2) is 49.7 Å². The first kappa shape index (κ1) is 24.0. The third kappa shape index (κ3) is 4.72. The van der Waals surface area contributed by atoms with Gasteiger partial charge in [0.1, 0.15) is 17.0 Å². The quantitative estimate of drug-likeness (QED) is 0.539. The molecule has 3 aromatic rings. The Morgan fingerprint density at radius 3 is 2.61 bits per heavy atom. The van der Waals surface area contributed by atoms with Gasteiger partial charge in [0, 0.05) is 17.8 Å². The molecule has 1 N–H and O–H groups in total. The summed E-state index contributed by atoms with van der Waals surface area (Å²) in [5.74, 6) is 0.426. The van der Waals surface area contributed by atoms with Crippen LogP contribution < -0.4 is 10.1 Å². The largest absolute Gasteiger partial charge is 0.494 e. The summed E-state index contributed by atoms with van der Waals surface area (Å²) in [6.07, 6.45) is 7.10. The molecule has 1 aliphatic carbocycles. The lowest BCUT2D eigenvalue weighted by atomic mass is 9.91. The molecule has 0 spiro atoms. The fraction of sp³-hybridized carbons (Fsp3) is 0.429. The Kier molecular flexibility index (Phi) is 6.76. The minimum Gasteiger partial charge on any atom is -0.494 e. The number of pyridine rings is 1. The highest BCUT2D eigenvalue weighted by atomic mass is 16.5. The van der Waals surface area contributed by atoms with Crippen molar-refractivity contribution in [3.63, 3.8) is 0 Å². The summed E-state index contributed by atoms with van der Waals surface area (Å²) in [6, 6.07) is 15.2. The molecule has 2 aromatic heterocycles. The van der Waals surface area contributed by atoms with Crippen molar-refractivity contribution in [3.8, 4) is 17.0 Å². The van der Waals surface area contributed by atoms with Crippen LogP contribution in [0.4, 0.5) is 0 Å². The molecule has 8 heteroatoms. The first-order valence-corrected chi connectivity index (χ1v) is 12.8. The number of ether oxygens (including phenoxy) is 1. The maximum atomic E-state index is 13.9. The second-order valence-electron chi connectivity index (χ2n) is 9.82. The normalized spacial score (nSPS) is 20.2. The monoisotopic (exact) mass is 487 g/mol. The highest BCUT2D eigenvalue weighted by molar-refractivity contribution is 6.00. The van der Waals surface area contributed by atoms with Crippen LogP contribution in [0.1, 0.15) is 62.1 Å². The predicted octanol–water partition coefficient (Wildman–Crippen LogP) is 4.21. The molecule has 1 atom stereocenters. The van der Waals surface area contributed by atoms with E-state index in [0.717, 1.165) is 42.7 Å². The molecule has 2 amide bonds. The zero-order valence-corrected chi connectivity index (χ0v) is 20.9. The average molecular weight is 488 g/mol. The van der Waals surface area contributed by atoms with Crippen LogP contribution in [0, 0.1) is 0 Å². The third-order valence-corrected chi connectivity index (χ3v) is 7.23. The number of amides is 2. The molecule has 188 valence electrons. The molecule has 8 nitrogen and oxygen atoms in total. The molecule has 1 saturated carbocycles. The number of rotatable bonds is 7. The van der Waals surface area contributed by atoms with Crippen molar-refractivity contribution in [1.29, 1.82) is 0 Å². The van der Waals surface area contributed by atoms with E-state index in [4.69, 9.17) is 9.84 Å². The van der Waals surface area contributed by atoms with Gasteiger partial charge >= 0.3 is 0 Å². The summed E-state index contributed by atoms with van der Waals surface area (Å²) in [5, 5.41) is 7.99. The zero-order valence-electron chi connectivity index (χ0n) is 20.9. The molecule has 1 aliphatic heterocycles. The minimum atomic E-state index is -1.10. The summed E-state index contributed by atoms with van der Waals surface area (Å²) < 4.78 is 7.23. The van der Waals surface area contributed by atoms with Crippen molar-refractivity contribution in [1.82, 2.24) is 25.0 Å². The molecule has 2 aliphatic rings. The van der Waals surface area contributed by atoms with Gasteiger partial charge in [-0.1, -0.05) is 25.3 Å². The Bertz CT molecular complexity index is 1220. The molecule has 1 fully saturated rings. The first-order valence-electron chi connectivity index (χ1n) is 12.8. The van der Waals surface area contributed by atoms with E-state index in [1.807, 2.05) is 62.4 Å². The summed E-state index contributed by atoms with van der Waals surface area (Å²) >= 11 is 0.